The first-order valence-corrected chi connectivity index (χ1v) is 3.55. The van der Waals surface area contributed by atoms with Crippen LogP contribution in [-0.2, 0) is 14.3 Å². The Morgan fingerprint density at radius 2 is 2.38 bits per heavy atom. The fraction of sp³-hybridized carbons (Fsp3) is 0. The van der Waals surface area contributed by atoms with Crippen LogP contribution < -0.4 is 0 Å². The van der Waals surface area contributed by atoms with Crippen LogP contribution in [-0.4, -0.2) is 17.4 Å². The molecule has 66 valence electrons. The number of hydrogen-bond acceptors (Lipinski definition) is 4. The molecule has 0 radical (unpaired) electrons. The zero-order valence-electron chi connectivity index (χ0n) is 6.71. The maximum atomic E-state index is 10.7. The van der Waals surface area contributed by atoms with Gasteiger partial charge in [0, 0.05) is 18.5 Å². The lowest BCUT2D eigenvalue weighted by Gasteiger charge is -1.89. The van der Waals surface area contributed by atoms with E-state index in [-0.39, 0.29) is 6.47 Å². The number of carbonyl (C=O) groups is 2. The highest BCUT2D eigenvalue weighted by Gasteiger charge is 1.93. The molecular formula is C9H7NO3. The van der Waals surface area contributed by atoms with Gasteiger partial charge in [-0.25, -0.2) is 4.79 Å². The van der Waals surface area contributed by atoms with Crippen LogP contribution in [0.15, 0.2) is 30.6 Å². The molecule has 0 aromatic carbocycles. The van der Waals surface area contributed by atoms with Gasteiger partial charge in [0.05, 0.1) is 0 Å². The predicted molar refractivity (Wildman–Crippen MR) is 45.4 cm³/mol. The van der Waals surface area contributed by atoms with Crippen LogP contribution in [0.4, 0.5) is 0 Å². The molecule has 1 aromatic rings. The lowest BCUT2D eigenvalue weighted by atomic mass is 10.3. The lowest BCUT2D eigenvalue weighted by Crippen LogP contribution is -1.96. The maximum absolute atomic E-state index is 10.7. The zero-order chi connectivity index (χ0) is 9.52. The SMILES string of the molecule is O=COC(=O)C=Cc1cccnc1. The Hall–Kier alpha value is -1.97. The molecule has 0 saturated heterocycles. The Bertz CT molecular complexity index is 319. The fourth-order valence-electron chi connectivity index (χ4n) is 0.726. The van der Waals surface area contributed by atoms with E-state index in [2.05, 4.69) is 9.72 Å². The van der Waals surface area contributed by atoms with Crippen LogP contribution >= 0.6 is 0 Å². The van der Waals surface area contributed by atoms with Crippen LogP contribution in [0.3, 0.4) is 0 Å². The highest BCUT2D eigenvalue weighted by atomic mass is 16.6. The molecule has 4 heteroatoms. The van der Waals surface area contributed by atoms with Gasteiger partial charge in [0.25, 0.3) is 0 Å². The second kappa shape index (κ2) is 4.82. The second-order valence-corrected chi connectivity index (χ2v) is 2.15. The molecule has 0 saturated carbocycles. The molecule has 0 amide bonds. The van der Waals surface area contributed by atoms with Crippen molar-refractivity contribution in [3.8, 4) is 0 Å². The van der Waals surface area contributed by atoms with Crippen molar-refractivity contribution in [2.75, 3.05) is 0 Å². The summed E-state index contributed by atoms with van der Waals surface area (Å²) in [5, 5.41) is 0. The maximum Gasteiger partial charge on any atom is 0.338 e. The number of nitrogens with zero attached hydrogens (tertiary/aromatic N) is 1. The van der Waals surface area contributed by atoms with Crippen LogP contribution in [0, 0.1) is 0 Å². The monoisotopic (exact) mass is 177 g/mol. The fourth-order valence-corrected chi connectivity index (χ4v) is 0.726. The Balaban J connectivity index is 2.58. The van der Waals surface area contributed by atoms with E-state index in [4.69, 9.17) is 0 Å². The van der Waals surface area contributed by atoms with E-state index in [0.717, 1.165) is 11.6 Å². The van der Waals surface area contributed by atoms with E-state index in [1.807, 2.05) is 0 Å². The molecule has 1 heterocycles. The molecule has 0 fully saturated rings. The summed E-state index contributed by atoms with van der Waals surface area (Å²) >= 11 is 0. The summed E-state index contributed by atoms with van der Waals surface area (Å²) in [4.78, 5) is 24.2. The van der Waals surface area contributed by atoms with Gasteiger partial charge in [0.2, 0.25) is 0 Å². The molecular weight excluding hydrogens is 170 g/mol. The highest BCUT2D eigenvalue weighted by molar-refractivity contribution is 5.90. The van der Waals surface area contributed by atoms with Crippen LogP contribution in [0.5, 0.6) is 0 Å². The molecule has 0 aliphatic heterocycles. The minimum atomic E-state index is -0.696. The number of rotatable bonds is 3. The van der Waals surface area contributed by atoms with Crippen molar-refractivity contribution >= 4 is 18.5 Å². The number of aromatic nitrogens is 1. The molecule has 0 atom stereocenters. The van der Waals surface area contributed by atoms with Crippen molar-refractivity contribution in [3.05, 3.63) is 36.2 Å². The van der Waals surface area contributed by atoms with Gasteiger partial charge in [-0.15, -0.1) is 0 Å². The summed E-state index contributed by atoms with van der Waals surface area (Å²) in [6, 6.07) is 3.52. The summed E-state index contributed by atoms with van der Waals surface area (Å²) in [7, 11) is 0. The Labute approximate surface area is 74.9 Å². The minimum absolute atomic E-state index is 0.0932. The number of esters is 1. The van der Waals surface area contributed by atoms with E-state index in [1.54, 1.807) is 24.5 Å². The first-order valence-electron chi connectivity index (χ1n) is 3.55. The standard InChI is InChI=1S/C9H7NO3/c11-7-13-9(12)4-3-8-2-1-5-10-6-8/h1-7H. The first-order chi connectivity index (χ1) is 6.33. The number of hydrogen-bond donors (Lipinski definition) is 0. The molecule has 13 heavy (non-hydrogen) atoms. The lowest BCUT2D eigenvalue weighted by molar-refractivity contribution is -0.147. The predicted octanol–water partition coefficient (Wildman–Crippen LogP) is 0.794. The van der Waals surface area contributed by atoms with E-state index >= 15 is 0 Å². The van der Waals surface area contributed by atoms with Crippen LogP contribution in [0.25, 0.3) is 6.08 Å². The van der Waals surface area contributed by atoms with Gasteiger partial charge in [-0.2, -0.15) is 0 Å². The molecule has 0 N–H and O–H groups in total. The van der Waals surface area contributed by atoms with Crippen molar-refractivity contribution < 1.29 is 14.3 Å². The van der Waals surface area contributed by atoms with Gasteiger partial charge in [-0.1, -0.05) is 6.07 Å². The molecule has 0 aliphatic carbocycles. The molecule has 0 unspecified atom stereocenters. The van der Waals surface area contributed by atoms with E-state index in [0.29, 0.717) is 0 Å². The van der Waals surface area contributed by atoms with E-state index in [1.165, 1.54) is 6.08 Å². The minimum Gasteiger partial charge on any atom is -0.392 e. The average molecular weight is 177 g/mol. The van der Waals surface area contributed by atoms with Gasteiger partial charge in [0.1, 0.15) is 0 Å². The van der Waals surface area contributed by atoms with Crippen molar-refractivity contribution in [1.82, 2.24) is 4.98 Å². The van der Waals surface area contributed by atoms with Gasteiger partial charge in [-0.05, 0) is 17.7 Å². The molecule has 0 bridgehead atoms. The molecule has 0 spiro atoms. The van der Waals surface area contributed by atoms with Crippen molar-refractivity contribution in [3.63, 3.8) is 0 Å². The Morgan fingerprint density at radius 3 is 3.00 bits per heavy atom. The van der Waals surface area contributed by atoms with Crippen LogP contribution in [0.2, 0.25) is 0 Å². The average Bonchev–Trinajstić information content (AvgIpc) is 2.17. The van der Waals surface area contributed by atoms with E-state index < -0.39 is 5.97 Å². The Morgan fingerprint density at radius 1 is 1.54 bits per heavy atom. The third-order valence-corrected chi connectivity index (χ3v) is 1.26. The van der Waals surface area contributed by atoms with Gasteiger partial charge < -0.3 is 4.74 Å². The molecule has 4 nitrogen and oxygen atoms in total. The summed E-state index contributed by atoms with van der Waals surface area (Å²) in [6.07, 6.45) is 5.88. The zero-order valence-corrected chi connectivity index (χ0v) is 6.71. The smallest absolute Gasteiger partial charge is 0.338 e. The largest absolute Gasteiger partial charge is 0.392 e. The van der Waals surface area contributed by atoms with Crippen molar-refractivity contribution in [1.29, 1.82) is 0 Å². The third-order valence-electron chi connectivity index (χ3n) is 1.26. The Kier molecular flexibility index (Phi) is 3.38. The van der Waals surface area contributed by atoms with Crippen LogP contribution in [0.1, 0.15) is 5.56 Å². The van der Waals surface area contributed by atoms with Gasteiger partial charge >= 0.3 is 12.4 Å². The summed E-state index contributed by atoms with van der Waals surface area (Å²) < 4.78 is 4.04. The van der Waals surface area contributed by atoms with Gasteiger partial charge in [0.15, 0.2) is 0 Å². The summed E-state index contributed by atoms with van der Waals surface area (Å²) in [6.45, 7) is 0.0932. The van der Waals surface area contributed by atoms with Gasteiger partial charge in [-0.3, -0.25) is 9.78 Å². The number of pyridine rings is 1. The van der Waals surface area contributed by atoms with E-state index in [9.17, 15) is 9.59 Å². The molecule has 0 aliphatic rings. The summed E-state index contributed by atoms with van der Waals surface area (Å²) in [5.41, 5.74) is 0.769. The topological polar surface area (TPSA) is 56.3 Å². The second-order valence-electron chi connectivity index (χ2n) is 2.15. The highest BCUT2D eigenvalue weighted by Crippen LogP contribution is 1.98. The number of ether oxygens (including phenoxy) is 1. The normalized spacial score (nSPS) is 9.85. The van der Waals surface area contributed by atoms with Crippen molar-refractivity contribution in [2.24, 2.45) is 0 Å². The first kappa shape index (κ1) is 9.12. The molecule has 1 aromatic heterocycles. The number of carbonyl (C=O) groups excluding carboxylic acids is 2. The third kappa shape index (κ3) is 3.29. The summed E-state index contributed by atoms with van der Waals surface area (Å²) in [5.74, 6) is -0.696. The van der Waals surface area contributed by atoms with Crippen molar-refractivity contribution in [2.45, 2.75) is 0 Å². The molecule has 1 rings (SSSR count). The quantitative estimate of drug-likeness (QED) is 0.296.